The first-order chi connectivity index (χ1) is 8.44. The Morgan fingerprint density at radius 1 is 1.44 bits per heavy atom. The van der Waals surface area contributed by atoms with Gasteiger partial charge in [-0.15, -0.1) is 0 Å². The number of nitrogens with one attached hydrogen (secondary N) is 1. The zero-order chi connectivity index (χ0) is 13.3. The molecular weight excluding hydrogens is 232 g/mol. The smallest absolute Gasteiger partial charge is 0.307 e. The van der Waals surface area contributed by atoms with E-state index in [1.165, 1.54) is 0 Å². The summed E-state index contributed by atoms with van der Waals surface area (Å²) < 4.78 is 0. The van der Waals surface area contributed by atoms with Gasteiger partial charge in [-0.25, -0.2) is 0 Å². The van der Waals surface area contributed by atoms with Gasteiger partial charge < -0.3 is 10.4 Å². The van der Waals surface area contributed by atoms with E-state index in [9.17, 15) is 9.59 Å². The van der Waals surface area contributed by atoms with Crippen molar-refractivity contribution in [3.8, 4) is 0 Å². The molecule has 1 amide bonds. The molecule has 5 nitrogen and oxygen atoms in total. The fourth-order valence-corrected chi connectivity index (χ4v) is 2.39. The van der Waals surface area contributed by atoms with Crippen LogP contribution in [0.25, 0.3) is 0 Å². The molecule has 0 radical (unpaired) electrons. The Morgan fingerprint density at radius 2 is 2.17 bits per heavy atom. The van der Waals surface area contributed by atoms with Gasteiger partial charge in [0.15, 0.2) is 0 Å². The lowest BCUT2D eigenvalue weighted by molar-refractivity contribution is -0.140. The summed E-state index contributed by atoms with van der Waals surface area (Å²) in [6.07, 6.45) is 3.34. The van der Waals surface area contributed by atoms with Crippen molar-refractivity contribution in [2.24, 2.45) is 17.3 Å². The predicted octanol–water partition coefficient (Wildman–Crippen LogP) is 1.05. The van der Waals surface area contributed by atoms with Crippen molar-refractivity contribution in [3.63, 3.8) is 0 Å². The quantitative estimate of drug-likeness (QED) is 0.834. The summed E-state index contributed by atoms with van der Waals surface area (Å²) in [5.41, 5.74) is 0.446. The van der Waals surface area contributed by atoms with Crippen molar-refractivity contribution in [1.82, 2.24) is 10.3 Å². The van der Waals surface area contributed by atoms with Crippen LogP contribution < -0.4 is 5.32 Å². The normalized spacial score (nSPS) is 24.3. The number of hydrogen-bond acceptors (Lipinski definition) is 3. The highest BCUT2D eigenvalue weighted by Crippen LogP contribution is 2.58. The number of carbonyl (C=O) groups is 2. The van der Waals surface area contributed by atoms with Gasteiger partial charge in [-0.05, 0) is 17.0 Å². The van der Waals surface area contributed by atoms with Gasteiger partial charge in [0.2, 0.25) is 5.91 Å². The van der Waals surface area contributed by atoms with Crippen LogP contribution in [0.5, 0.6) is 0 Å². The van der Waals surface area contributed by atoms with E-state index in [0.29, 0.717) is 6.54 Å². The Kier molecular flexibility index (Phi) is 3.07. The fraction of sp³-hybridized carbons (Fsp3) is 0.462. The second-order valence-corrected chi connectivity index (χ2v) is 5.19. The van der Waals surface area contributed by atoms with Crippen LogP contribution in [-0.4, -0.2) is 22.0 Å². The minimum atomic E-state index is -0.901. The van der Waals surface area contributed by atoms with Crippen LogP contribution in [0.3, 0.4) is 0 Å². The standard InChI is InChI=1S/C13H16N2O3/c1-13(2)9(10(13)12(17)18)11(16)15-7-8-4-3-5-14-6-8/h3-6,9-10H,7H2,1-2H3,(H,15,16)(H,17,18)/t9-,10-/m1/s1. The van der Waals surface area contributed by atoms with Gasteiger partial charge in [0.05, 0.1) is 11.8 Å². The van der Waals surface area contributed by atoms with E-state index in [1.807, 2.05) is 6.07 Å². The molecule has 0 bridgehead atoms. The monoisotopic (exact) mass is 248 g/mol. The molecule has 96 valence electrons. The Balaban J connectivity index is 1.93. The molecule has 5 heteroatoms. The average Bonchev–Trinajstić information content (AvgIpc) is 2.91. The summed E-state index contributed by atoms with van der Waals surface area (Å²) in [5, 5.41) is 11.8. The number of carboxylic acids is 1. The lowest BCUT2D eigenvalue weighted by atomic mass is 10.1. The molecule has 1 saturated carbocycles. The molecule has 1 aliphatic carbocycles. The summed E-state index contributed by atoms with van der Waals surface area (Å²) in [6.45, 7) is 3.99. The van der Waals surface area contributed by atoms with Crippen molar-refractivity contribution in [2.75, 3.05) is 0 Å². The molecule has 2 rings (SSSR count). The first kappa shape index (κ1) is 12.5. The highest BCUT2D eigenvalue weighted by Gasteiger charge is 2.65. The predicted molar refractivity (Wildman–Crippen MR) is 64.5 cm³/mol. The number of hydrogen-bond donors (Lipinski definition) is 2. The van der Waals surface area contributed by atoms with E-state index < -0.39 is 23.2 Å². The van der Waals surface area contributed by atoms with Gasteiger partial charge in [0, 0.05) is 18.9 Å². The topological polar surface area (TPSA) is 79.3 Å². The minimum Gasteiger partial charge on any atom is -0.481 e. The third kappa shape index (κ3) is 2.20. The second-order valence-electron chi connectivity index (χ2n) is 5.19. The van der Waals surface area contributed by atoms with Gasteiger partial charge in [-0.3, -0.25) is 14.6 Å². The molecule has 0 unspecified atom stereocenters. The number of aromatic nitrogens is 1. The molecule has 0 aliphatic heterocycles. The van der Waals surface area contributed by atoms with Gasteiger partial charge in [-0.1, -0.05) is 19.9 Å². The lowest BCUT2D eigenvalue weighted by Gasteiger charge is -2.05. The van der Waals surface area contributed by atoms with Crippen molar-refractivity contribution in [1.29, 1.82) is 0 Å². The van der Waals surface area contributed by atoms with Crippen LogP contribution in [0.2, 0.25) is 0 Å². The first-order valence-corrected chi connectivity index (χ1v) is 5.84. The van der Waals surface area contributed by atoms with Crippen LogP contribution in [0.1, 0.15) is 19.4 Å². The van der Waals surface area contributed by atoms with Crippen molar-refractivity contribution < 1.29 is 14.7 Å². The van der Waals surface area contributed by atoms with Crippen LogP contribution >= 0.6 is 0 Å². The molecule has 2 N–H and O–H groups in total. The van der Waals surface area contributed by atoms with Crippen LogP contribution in [-0.2, 0) is 16.1 Å². The summed E-state index contributed by atoms with van der Waals surface area (Å²) in [4.78, 5) is 26.8. The first-order valence-electron chi connectivity index (χ1n) is 5.84. The number of pyridine rings is 1. The molecule has 1 aromatic heterocycles. The molecule has 1 fully saturated rings. The van der Waals surface area contributed by atoms with Crippen molar-refractivity contribution in [3.05, 3.63) is 30.1 Å². The molecule has 2 atom stereocenters. The number of carboxylic acid groups (broad SMARTS) is 1. The minimum absolute atomic E-state index is 0.198. The number of carbonyl (C=O) groups excluding carboxylic acids is 1. The molecule has 1 heterocycles. The van der Waals surface area contributed by atoms with E-state index in [1.54, 1.807) is 32.3 Å². The number of nitrogens with zero attached hydrogens (tertiary/aromatic N) is 1. The van der Waals surface area contributed by atoms with Crippen molar-refractivity contribution >= 4 is 11.9 Å². The van der Waals surface area contributed by atoms with Crippen LogP contribution in [0.4, 0.5) is 0 Å². The molecule has 1 aliphatic rings. The Bertz CT molecular complexity index is 470. The summed E-state index contributed by atoms with van der Waals surface area (Å²) in [7, 11) is 0. The summed E-state index contributed by atoms with van der Waals surface area (Å²) in [6, 6.07) is 3.66. The summed E-state index contributed by atoms with van der Waals surface area (Å²) >= 11 is 0. The lowest BCUT2D eigenvalue weighted by Crippen LogP contribution is -2.26. The van der Waals surface area contributed by atoms with E-state index in [-0.39, 0.29) is 5.91 Å². The fourth-order valence-electron chi connectivity index (χ4n) is 2.39. The average molecular weight is 248 g/mol. The Labute approximate surface area is 105 Å². The van der Waals surface area contributed by atoms with Gasteiger partial charge in [-0.2, -0.15) is 0 Å². The maximum Gasteiger partial charge on any atom is 0.307 e. The third-order valence-electron chi connectivity index (χ3n) is 3.57. The molecular formula is C13H16N2O3. The Hall–Kier alpha value is -1.91. The SMILES string of the molecule is CC1(C)[C@@H](C(=O)O)[C@@H]1C(=O)NCc1cccnc1. The molecule has 0 spiro atoms. The highest BCUT2D eigenvalue weighted by atomic mass is 16.4. The zero-order valence-corrected chi connectivity index (χ0v) is 10.4. The van der Waals surface area contributed by atoms with Gasteiger partial charge in [0.1, 0.15) is 0 Å². The van der Waals surface area contributed by atoms with Crippen molar-refractivity contribution in [2.45, 2.75) is 20.4 Å². The van der Waals surface area contributed by atoms with Crippen LogP contribution in [0, 0.1) is 17.3 Å². The third-order valence-corrected chi connectivity index (χ3v) is 3.57. The van der Waals surface area contributed by atoms with Crippen LogP contribution in [0.15, 0.2) is 24.5 Å². The number of amides is 1. The van der Waals surface area contributed by atoms with Gasteiger partial charge >= 0.3 is 5.97 Å². The van der Waals surface area contributed by atoms with E-state index in [2.05, 4.69) is 10.3 Å². The maximum absolute atomic E-state index is 11.9. The molecule has 1 aromatic rings. The number of rotatable bonds is 4. The maximum atomic E-state index is 11.9. The second kappa shape index (κ2) is 4.40. The number of aliphatic carboxylic acids is 1. The molecule has 0 aromatic carbocycles. The zero-order valence-electron chi connectivity index (χ0n) is 10.4. The summed E-state index contributed by atoms with van der Waals surface area (Å²) in [5.74, 6) is -2.11. The Morgan fingerprint density at radius 3 is 2.67 bits per heavy atom. The van der Waals surface area contributed by atoms with E-state index >= 15 is 0 Å². The largest absolute Gasteiger partial charge is 0.481 e. The van der Waals surface area contributed by atoms with E-state index in [0.717, 1.165) is 5.56 Å². The molecule has 0 saturated heterocycles. The molecule has 18 heavy (non-hydrogen) atoms. The van der Waals surface area contributed by atoms with Gasteiger partial charge in [0.25, 0.3) is 0 Å². The van der Waals surface area contributed by atoms with E-state index in [4.69, 9.17) is 5.11 Å². The highest BCUT2D eigenvalue weighted by molar-refractivity contribution is 5.91.